The Labute approximate surface area is 372 Å². The Morgan fingerprint density at radius 1 is 0.219 bits per heavy atom. The third kappa shape index (κ3) is 6.61. The first-order valence-corrected chi connectivity index (χ1v) is 21.9. The van der Waals surface area contributed by atoms with Crippen LogP contribution in [-0.2, 0) is 0 Å². The summed E-state index contributed by atoms with van der Waals surface area (Å²) in [5.74, 6) is 0. The molecule has 298 valence electrons. The highest BCUT2D eigenvalue weighted by atomic mass is 14.8. The van der Waals surface area contributed by atoms with Gasteiger partial charge in [-0.25, -0.2) is 9.97 Å². The van der Waals surface area contributed by atoms with Crippen LogP contribution in [-0.4, -0.2) is 9.97 Å². The van der Waals surface area contributed by atoms with Crippen LogP contribution in [0.25, 0.3) is 122 Å². The van der Waals surface area contributed by atoms with Gasteiger partial charge in [0.15, 0.2) is 0 Å². The fourth-order valence-electron chi connectivity index (χ4n) is 9.56. The zero-order chi connectivity index (χ0) is 42.4. The summed E-state index contributed by atoms with van der Waals surface area (Å²) in [6, 6.07) is 87.4. The van der Waals surface area contributed by atoms with Crippen LogP contribution in [0.5, 0.6) is 0 Å². The molecule has 0 N–H and O–H groups in total. The van der Waals surface area contributed by atoms with Gasteiger partial charge in [-0.15, -0.1) is 0 Å². The minimum atomic E-state index is 0.860. The topological polar surface area (TPSA) is 25.8 Å². The number of nitrogens with zero attached hydrogens (tertiary/aromatic N) is 2. The second kappa shape index (κ2) is 15.8. The monoisotopic (exact) mass is 812 g/mol. The largest absolute Gasteiger partial charge is 0.244 e. The van der Waals surface area contributed by atoms with E-state index in [9.17, 15) is 0 Å². The van der Waals surface area contributed by atoms with Gasteiger partial charge in [-0.2, -0.15) is 0 Å². The molecule has 0 spiro atoms. The molecule has 0 bridgehead atoms. The molecule has 11 aromatic carbocycles. The van der Waals surface area contributed by atoms with Gasteiger partial charge < -0.3 is 0 Å². The lowest BCUT2D eigenvalue weighted by atomic mass is 9.82. The number of rotatable bonds is 7. The lowest BCUT2D eigenvalue weighted by molar-refractivity contribution is 1.29. The number of benzene rings is 11. The summed E-state index contributed by atoms with van der Waals surface area (Å²) in [5, 5.41) is 7.31. The van der Waals surface area contributed by atoms with E-state index in [0.29, 0.717) is 0 Å². The normalized spacial score (nSPS) is 11.4. The number of aromatic nitrogens is 2. The zero-order valence-corrected chi connectivity index (χ0v) is 35.0. The van der Waals surface area contributed by atoms with Crippen molar-refractivity contribution in [1.29, 1.82) is 0 Å². The van der Waals surface area contributed by atoms with Gasteiger partial charge in [-0.3, -0.25) is 0 Å². The van der Waals surface area contributed by atoms with Gasteiger partial charge in [0.1, 0.15) is 0 Å². The highest BCUT2D eigenvalue weighted by Gasteiger charge is 2.21. The fourth-order valence-corrected chi connectivity index (χ4v) is 9.56. The van der Waals surface area contributed by atoms with Gasteiger partial charge >= 0.3 is 0 Å². The smallest absolute Gasteiger partial charge is 0.0973 e. The van der Waals surface area contributed by atoms with Crippen LogP contribution in [0.1, 0.15) is 0 Å². The minimum absolute atomic E-state index is 0.860. The van der Waals surface area contributed by atoms with E-state index in [2.05, 4.69) is 231 Å². The second-order valence-electron chi connectivity index (χ2n) is 16.5. The van der Waals surface area contributed by atoms with Crippen molar-refractivity contribution in [1.82, 2.24) is 9.97 Å². The van der Waals surface area contributed by atoms with Crippen LogP contribution in [0.15, 0.2) is 243 Å². The van der Waals surface area contributed by atoms with Crippen molar-refractivity contribution in [3.8, 4) is 78.1 Å². The quantitative estimate of drug-likeness (QED) is 0.150. The molecule has 64 heavy (non-hydrogen) atoms. The molecule has 0 unspecified atom stereocenters. The molecule has 2 nitrogen and oxygen atoms in total. The van der Waals surface area contributed by atoms with E-state index >= 15 is 0 Å². The van der Waals surface area contributed by atoms with Crippen LogP contribution in [0.3, 0.4) is 0 Å². The van der Waals surface area contributed by atoms with Gasteiger partial charge in [-0.05, 0) is 124 Å². The number of hydrogen-bond acceptors (Lipinski definition) is 2. The molecule has 0 aliphatic heterocycles. The Hall–Kier alpha value is -8.46. The van der Waals surface area contributed by atoms with Gasteiger partial charge in [-0.1, -0.05) is 206 Å². The van der Waals surface area contributed by atoms with Crippen molar-refractivity contribution in [2.24, 2.45) is 0 Å². The van der Waals surface area contributed by atoms with E-state index in [1.54, 1.807) is 0 Å². The molecule has 0 aliphatic carbocycles. The Balaban J connectivity index is 1.10. The van der Waals surface area contributed by atoms with Crippen molar-refractivity contribution in [2.75, 3.05) is 0 Å². The van der Waals surface area contributed by atoms with E-state index in [1.807, 2.05) is 12.1 Å². The molecule has 0 radical (unpaired) electrons. The molecule has 1 heterocycles. The summed E-state index contributed by atoms with van der Waals surface area (Å²) in [5.41, 5.74) is 17.4. The lowest BCUT2D eigenvalue weighted by Gasteiger charge is -2.21. The Bertz CT molecular complexity index is 3680. The average molecular weight is 813 g/mol. The van der Waals surface area contributed by atoms with Crippen LogP contribution in [0.2, 0.25) is 0 Å². The third-order valence-electron chi connectivity index (χ3n) is 12.6. The highest BCUT2D eigenvalue weighted by molar-refractivity contribution is 6.23. The lowest BCUT2D eigenvalue weighted by Crippen LogP contribution is -1.96. The molecule has 12 aromatic rings. The van der Waals surface area contributed by atoms with Gasteiger partial charge in [0, 0.05) is 11.1 Å². The Morgan fingerprint density at radius 3 is 1.11 bits per heavy atom. The van der Waals surface area contributed by atoms with Crippen molar-refractivity contribution < 1.29 is 0 Å². The summed E-state index contributed by atoms with van der Waals surface area (Å²) >= 11 is 0. The number of hydrogen-bond donors (Lipinski definition) is 0. The van der Waals surface area contributed by atoms with Gasteiger partial charge in [0.25, 0.3) is 0 Å². The molecule has 0 aliphatic rings. The molecular formula is C62H40N2. The maximum atomic E-state index is 5.34. The summed E-state index contributed by atoms with van der Waals surface area (Å²) in [7, 11) is 0. The summed E-state index contributed by atoms with van der Waals surface area (Å²) in [4.78, 5) is 10.6. The molecule has 0 amide bonds. The Kier molecular flexibility index (Phi) is 9.20. The molecule has 0 fully saturated rings. The van der Waals surface area contributed by atoms with Crippen LogP contribution in [0.4, 0.5) is 0 Å². The van der Waals surface area contributed by atoms with Gasteiger partial charge in [0.05, 0.1) is 22.4 Å². The van der Waals surface area contributed by atoms with Crippen molar-refractivity contribution in [2.45, 2.75) is 0 Å². The van der Waals surface area contributed by atoms with E-state index in [4.69, 9.17) is 9.97 Å². The van der Waals surface area contributed by atoms with Crippen LogP contribution >= 0.6 is 0 Å². The maximum absolute atomic E-state index is 5.34. The van der Waals surface area contributed by atoms with Crippen LogP contribution in [0, 0.1) is 0 Å². The van der Waals surface area contributed by atoms with E-state index in [1.165, 1.54) is 76.8 Å². The fraction of sp³-hybridized carbons (Fsp3) is 0. The Morgan fingerprint density at radius 2 is 0.594 bits per heavy atom. The van der Waals surface area contributed by atoms with Crippen LogP contribution < -0.4 is 0 Å². The van der Waals surface area contributed by atoms with E-state index < -0.39 is 0 Å². The predicted molar refractivity (Wildman–Crippen MR) is 270 cm³/mol. The average Bonchev–Trinajstić information content (AvgIpc) is 3.38. The van der Waals surface area contributed by atoms with E-state index in [0.717, 1.165) is 44.7 Å². The summed E-state index contributed by atoms with van der Waals surface area (Å²) in [6.45, 7) is 0. The highest BCUT2D eigenvalue weighted by Crippen LogP contribution is 2.47. The van der Waals surface area contributed by atoms with Crippen molar-refractivity contribution in [3.05, 3.63) is 243 Å². The molecule has 1 aromatic heterocycles. The molecular weight excluding hydrogens is 773 g/mol. The summed E-state index contributed by atoms with van der Waals surface area (Å²) in [6.07, 6.45) is 0. The van der Waals surface area contributed by atoms with Crippen molar-refractivity contribution in [3.63, 3.8) is 0 Å². The maximum Gasteiger partial charge on any atom is 0.0973 e. The van der Waals surface area contributed by atoms with Gasteiger partial charge in [0.2, 0.25) is 0 Å². The second-order valence-corrected chi connectivity index (χ2v) is 16.5. The third-order valence-corrected chi connectivity index (χ3v) is 12.6. The van der Waals surface area contributed by atoms with E-state index in [-0.39, 0.29) is 0 Å². The molecule has 2 heteroatoms. The molecule has 0 atom stereocenters. The zero-order valence-electron chi connectivity index (χ0n) is 35.0. The SMILES string of the molecule is c1ccc(-c2cc3ccccc3cc2-c2ccc3c(c2)c(-c2ccccc2)c(-c2ccccc2)c2cc(-c4ccc5nc(-c6ccccc6)c(-c6ccccc6)nc5c4)ccc23)cc1. The molecule has 12 rings (SSSR count). The first-order chi connectivity index (χ1) is 31.7. The standard InChI is InChI=1S/C62H40N2/c1-6-18-41(19-7-1)53-36-46-28-16-17-29-47(46)37-54(53)50-31-34-52-51-33-30-48(38-55(51)59(42-20-8-2-9-21-42)60(56(52)39-50)43-22-10-3-11-23-43)49-32-35-57-58(40-49)64-62(45-26-14-5-15-27-45)61(63-57)44-24-12-4-13-25-44/h1-40H. The first-order valence-electron chi connectivity index (χ1n) is 21.9. The predicted octanol–water partition coefficient (Wildman–Crippen LogP) is 16.8. The molecule has 0 saturated carbocycles. The first kappa shape index (κ1) is 37.3. The number of fused-ring (bicyclic) bond motifs is 5. The molecule has 0 saturated heterocycles. The minimum Gasteiger partial charge on any atom is -0.244 e. The summed E-state index contributed by atoms with van der Waals surface area (Å²) < 4.78 is 0. The van der Waals surface area contributed by atoms with Crippen molar-refractivity contribution >= 4 is 43.4 Å².